The van der Waals surface area contributed by atoms with E-state index in [4.69, 9.17) is 5.73 Å². The maximum absolute atomic E-state index is 5.73. The number of nitrogens with zero attached hydrogens (tertiary/aromatic N) is 1. The summed E-state index contributed by atoms with van der Waals surface area (Å²) in [6, 6.07) is 7.82. The minimum atomic E-state index is 0.696. The molecule has 0 amide bonds. The molecule has 3 nitrogen and oxygen atoms in total. The van der Waals surface area contributed by atoms with E-state index in [1.807, 2.05) is 31.2 Å². The van der Waals surface area contributed by atoms with Gasteiger partial charge in [-0.2, -0.15) is 0 Å². The molecule has 1 aromatic heterocycles. The van der Waals surface area contributed by atoms with Crippen LogP contribution in [0, 0.1) is 6.92 Å². The van der Waals surface area contributed by atoms with Gasteiger partial charge in [-0.15, -0.1) is 0 Å². The van der Waals surface area contributed by atoms with Gasteiger partial charge in [-0.05, 0) is 62.5 Å². The van der Waals surface area contributed by atoms with Gasteiger partial charge in [-0.25, -0.2) is 4.98 Å². The number of aryl methyl sites for hydroxylation is 1. The second kappa shape index (κ2) is 5.06. The van der Waals surface area contributed by atoms with E-state index >= 15 is 0 Å². The average molecular weight is 357 g/mol. The zero-order valence-corrected chi connectivity index (χ0v) is 12.3. The van der Waals surface area contributed by atoms with Gasteiger partial charge in [0, 0.05) is 8.95 Å². The number of nitrogens with one attached hydrogen (secondary N) is 1. The van der Waals surface area contributed by atoms with Crippen molar-refractivity contribution >= 4 is 49.1 Å². The molecule has 2 aromatic rings. The fraction of sp³-hybridized carbons (Fsp3) is 0.0833. The molecular formula is C12H11Br2N3. The second-order valence-electron chi connectivity index (χ2n) is 3.65. The number of para-hydroxylation sites is 1. The van der Waals surface area contributed by atoms with E-state index in [2.05, 4.69) is 42.2 Å². The normalized spacial score (nSPS) is 10.3. The highest BCUT2D eigenvalue weighted by atomic mass is 79.9. The molecule has 1 aromatic carbocycles. The standard InChI is InChI=1S/C12H11Br2N3/c1-7-5-11(16-6-10(7)15)17-12-8(13)3-2-4-9(12)14/h2-6H,15H2,1H3,(H,16,17). The minimum absolute atomic E-state index is 0.696. The molecule has 17 heavy (non-hydrogen) atoms. The lowest BCUT2D eigenvalue weighted by Crippen LogP contribution is -1.98. The number of hydrogen-bond acceptors (Lipinski definition) is 3. The number of benzene rings is 1. The van der Waals surface area contributed by atoms with Crippen molar-refractivity contribution < 1.29 is 0 Å². The molecule has 0 saturated carbocycles. The van der Waals surface area contributed by atoms with E-state index < -0.39 is 0 Å². The Balaban J connectivity index is 2.35. The zero-order valence-electron chi connectivity index (χ0n) is 9.17. The number of nitrogen functional groups attached to an aromatic ring is 1. The predicted octanol–water partition coefficient (Wildman–Crippen LogP) is 4.24. The first-order valence-electron chi connectivity index (χ1n) is 5.01. The summed E-state index contributed by atoms with van der Waals surface area (Å²) in [5, 5.41) is 3.25. The van der Waals surface area contributed by atoms with Crippen molar-refractivity contribution in [3.8, 4) is 0 Å². The quantitative estimate of drug-likeness (QED) is 0.846. The van der Waals surface area contributed by atoms with Crippen LogP contribution in [0.4, 0.5) is 17.2 Å². The van der Waals surface area contributed by atoms with E-state index in [-0.39, 0.29) is 0 Å². The molecule has 0 aliphatic heterocycles. The van der Waals surface area contributed by atoms with Crippen LogP contribution in [0.3, 0.4) is 0 Å². The fourth-order valence-electron chi connectivity index (χ4n) is 1.38. The number of anilines is 3. The summed E-state index contributed by atoms with van der Waals surface area (Å²) in [5.74, 6) is 0.768. The molecule has 0 saturated heterocycles. The molecule has 88 valence electrons. The topological polar surface area (TPSA) is 50.9 Å². The highest BCUT2D eigenvalue weighted by Crippen LogP contribution is 2.32. The third-order valence-corrected chi connectivity index (χ3v) is 3.69. The minimum Gasteiger partial charge on any atom is -0.397 e. The Hall–Kier alpha value is -1.07. The van der Waals surface area contributed by atoms with Crippen LogP contribution in [0.15, 0.2) is 39.4 Å². The van der Waals surface area contributed by atoms with Crippen molar-refractivity contribution in [3.05, 3.63) is 45.0 Å². The summed E-state index contributed by atoms with van der Waals surface area (Å²) in [7, 11) is 0. The first-order chi connectivity index (χ1) is 8.08. The van der Waals surface area contributed by atoms with E-state index in [9.17, 15) is 0 Å². The lowest BCUT2D eigenvalue weighted by molar-refractivity contribution is 1.27. The van der Waals surface area contributed by atoms with Crippen molar-refractivity contribution in [2.75, 3.05) is 11.1 Å². The summed E-state index contributed by atoms with van der Waals surface area (Å²) in [4.78, 5) is 4.24. The van der Waals surface area contributed by atoms with Crippen LogP contribution < -0.4 is 11.1 Å². The first-order valence-corrected chi connectivity index (χ1v) is 6.59. The van der Waals surface area contributed by atoms with Gasteiger partial charge in [0.1, 0.15) is 5.82 Å². The molecule has 0 atom stereocenters. The molecule has 0 aliphatic rings. The third kappa shape index (κ3) is 2.79. The molecule has 1 heterocycles. The Labute approximate surface area is 117 Å². The van der Waals surface area contributed by atoms with E-state index in [1.54, 1.807) is 6.20 Å². The largest absolute Gasteiger partial charge is 0.397 e. The third-order valence-electron chi connectivity index (χ3n) is 2.37. The van der Waals surface area contributed by atoms with Gasteiger partial charge >= 0.3 is 0 Å². The number of halogens is 2. The Bertz CT molecular complexity index is 535. The van der Waals surface area contributed by atoms with Gasteiger partial charge in [-0.1, -0.05) is 6.07 Å². The van der Waals surface area contributed by atoms with Gasteiger partial charge < -0.3 is 11.1 Å². The van der Waals surface area contributed by atoms with Crippen molar-refractivity contribution in [1.82, 2.24) is 4.98 Å². The number of nitrogens with two attached hydrogens (primary N) is 1. The Morgan fingerprint density at radius 3 is 2.47 bits per heavy atom. The summed E-state index contributed by atoms with van der Waals surface area (Å²) in [6.45, 7) is 1.96. The zero-order chi connectivity index (χ0) is 12.4. The smallest absolute Gasteiger partial charge is 0.130 e. The molecule has 2 rings (SSSR count). The van der Waals surface area contributed by atoms with Crippen molar-refractivity contribution in [1.29, 1.82) is 0 Å². The van der Waals surface area contributed by atoms with Crippen LogP contribution in [0.1, 0.15) is 5.56 Å². The monoisotopic (exact) mass is 355 g/mol. The summed E-state index contributed by atoms with van der Waals surface area (Å²) in [5.41, 5.74) is 8.38. The average Bonchev–Trinajstić information content (AvgIpc) is 2.28. The van der Waals surface area contributed by atoms with Crippen molar-refractivity contribution in [2.24, 2.45) is 0 Å². The second-order valence-corrected chi connectivity index (χ2v) is 5.36. The predicted molar refractivity (Wildman–Crippen MR) is 78.5 cm³/mol. The molecule has 3 N–H and O–H groups in total. The van der Waals surface area contributed by atoms with Crippen LogP contribution in [0.2, 0.25) is 0 Å². The van der Waals surface area contributed by atoms with E-state index in [0.717, 1.165) is 26.0 Å². The summed E-state index contributed by atoms with van der Waals surface area (Å²) < 4.78 is 1.95. The Kier molecular flexibility index (Phi) is 3.69. The van der Waals surface area contributed by atoms with E-state index in [0.29, 0.717) is 5.69 Å². The highest BCUT2D eigenvalue weighted by molar-refractivity contribution is 9.11. The molecular weight excluding hydrogens is 346 g/mol. The maximum Gasteiger partial charge on any atom is 0.130 e. The number of aromatic nitrogens is 1. The summed E-state index contributed by atoms with van der Waals surface area (Å²) >= 11 is 6.99. The van der Waals surface area contributed by atoms with Gasteiger partial charge in [0.05, 0.1) is 17.6 Å². The summed E-state index contributed by atoms with van der Waals surface area (Å²) in [6.07, 6.45) is 1.66. The lowest BCUT2D eigenvalue weighted by Gasteiger charge is -2.11. The number of rotatable bonds is 2. The Morgan fingerprint density at radius 2 is 1.88 bits per heavy atom. The molecule has 0 fully saturated rings. The van der Waals surface area contributed by atoms with Gasteiger partial charge in [0.2, 0.25) is 0 Å². The van der Waals surface area contributed by atoms with Gasteiger partial charge in [0.15, 0.2) is 0 Å². The number of hydrogen-bond donors (Lipinski definition) is 2. The molecule has 0 spiro atoms. The van der Waals surface area contributed by atoms with Crippen LogP contribution >= 0.6 is 31.9 Å². The van der Waals surface area contributed by atoms with Crippen molar-refractivity contribution in [2.45, 2.75) is 6.92 Å². The maximum atomic E-state index is 5.73. The van der Waals surface area contributed by atoms with Crippen LogP contribution in [0.25, 0.3) is 0 Å². The lowest BCUT2D eigenvalue weighted by atomic mass is 10.2. The molecule has 0 aliphatic carbocycles. The molecule has 0 radical (unpaired) electrons. The first kappa shape index (κ1) is 12.4. The molecule has 0 unspecified atom stereocenters. The van der Waals surface area contributed by atoms with Crippen LogP contribution in [-0.4, -0.2) is 4.98 Å². The highest BCUT2D eigenvalue weighted by Gasteiger charge is 2.06. The fourth-order valence-corrected chi connectivity index (χ4v) is 2.58. The van der Waals surface area contributed by atoms with E-state index in [1.165, 1.54) is 0 Å². The van der Waals surface area contributed by atoms with Crippen molar-refractivity contribution in [3.63, 3.8) is 0 Å². The SMILES string of the molecule is Cc1cc(Nc2c(Br)cccc2Br)ncc1N. The molecule has 0 bridgehead atoms. The van der Waals surface area contributed by atoms with Crippen LogP contribution in [-0.2, 0) is 0 Å². The van der Waals surface area contributed by atoms with Crippen LogP contribution in [0.5, 0.6) is 0 Å². The van der Waals surface area contributed by atoms with Gasteiger partial charge in [0.25, 0.3) is 0 Å². The van der Waals surface area contributed by atoms with Gasteiger partial charge in [-0.3, -0.25) is 0 Å². The molecule has 5 heteroatoms. The Morgan fingerprint density at radius 1 is 1.24 bits per heavy atom. The number of pyridine rings is 1.